The van der Waals surface area contributed by atoms with Gasteiger partial charge in [-0.2, -0.15) is 14.9 Å². The van der Waals surface area contributed by atoms with E-state index >= 15 is 0 Å². The van der Waals surface area contributed by atoms with Crippen LogP contribution < -0.4 is 5.32 Å². The predicted octanol–water partition coefficient (Wildman–Crippen LogP) is 0.867. The summed E-state index contributed by atoms with van der Waals surface area (Å²) in [6.07, 6.45) is 5.24. The average Bonchev–Trinajstić information content (AvgIpc) is 3.34. The van der Waals surface area contributed by atoms with Crippen molar-refractivity contribution in [2.45, 2.75) is 26.6 Å². The topological polar surface area (TPSA) is 139 Å². The zero-order valence-electron chi connectivity index (χ0n) is 14.3. The Balaban J connectivity index is 1.46. The van der Waals surface area contributed by atoms with Crippen molar-refractivity contribution < 1.29 is 9.72 Å². The zero-order chi connectivity index (χ0) is 19.4. The second-order valence-electron chi connectivity index (χ2n) is 5.66. The summed E-state index contributed by atoms with van der Waals surface area (Å²) >= 11 is 5.94. The van der Waals surface area contributed by atoms with Crippen LogP contribution in [0.4, 0.5) is 5.95 Å². The predicted molar refractivity (Wildman–Crippen MR) is 93.2 cm³/mol. The lowest BCUT2D eigenvalue weighted by Gasteiger charge is -2.04. The van der Waals surface area contributed by atoms with E-state index in [1.54, 1.807) is 23.1 Å². The number of carbonyl (C=O) groups excluding carboxylic acids is 1. The number of hydrogen-bond acceptors (Lipinski definition) is 7. The van der Waals surface area contributed by atoms with Gasteiger partial charge in [-0.15, -0.1) is 0 Å². The van der Waals surface area contributed by atoms with Crippen LogP contribution in [0.25, 0.3) is 0 Å². The Labute approximate surface area is 157 Å². The van der Waals surface area contributed by atoms with Crippen LogP contribution in [-0.4, -0.2) is 51.7 Å². The molecule has 0 saturated carbocycles. The van der Waals surface area contributed by atoms with Gasteiger partial charge >= 0.3 is 5.95 Å². The van der Waals surface area contributed by atoms with Gasteiger partial charge in [0.25, 0.3) is 5.91 Å². The summed E-state index contributed by atoms with van der Waals surface area (Å²) in [7, 11) is 0. The van der Waals surface area contributed by atoms with E-state index in [0.29, 0.717) is 24.5 Å². The second-order valence-corrected chi connectivity index (χ2v) is 6.07. The van der Waals surface area contributed by atoms with Crippen LogP contribution in [0.2, 0.25) is 5.02 Å². The lowest BCUT2D eigenvalue weighted by atomic mass is 10.3. The smallest absolute Gasteiger partial charge is 0.390 e. The highest BCUT2D eigenvalue weighted by Crippen LogP contribution is 2.12. The standard InChI is InChI=1S/C14H16ClN9O3/c1-10-11(15)7-21(18-10)5-2-4-16-13(25)12-3-6-22(19-12)9-23-8-17-14(20-23)24(26)27/h3,6-8H,2,4-5,9H2,1H3,(H,16,25). The van der Waals surface area contributed by atoms with Crippen molar-refractivity contribution >= 4 is 23.5 Å². The average molecular weight is 394 g/mol. The van der Waals surface area contributed by atoms with Gasteiger partial charge in [-0.25, -0.2) is 4.68 Å². The molecule has 142 valence electrons. The summed E-state index contributed by atoms with van der Waals surface area (Å²) in [6.45, 7) is 3.02. The first kappa shape index (κ1) is 18.5. The molecule has 0 spiro atoms. The van der Waals surface area contributed by atoms with E-state index in [-0.39, 0.29) is 18.3 Å². The van der Waals surface area contributed by atoms with Crippen molar-refractivity contribution in [3.05, 3.63) is 51.3 Å². The lowest BCUT2D eigenvalue weighted by Crippen LogP contribution is -2.26. The highest BCUT2D eigenvalue weighted by atomic mass is 35.5. The number of halogens is 1. The number of nitrogens with one attached hydrogen (secondary N) is 1. The third-order valence-corrected chi connectivity index (χ3v) is 3.96. The number of aryl methyl sites for hydroxylation is 2. The summed E-state index contributed by atoms with van der Waals surface area (Å²) in [5.41, 5.74) is 1.01. The van der Waals surface area contributed by atoms with Crippen LogP contribution >= 0.6 is 11.6 Å². The molecule has 1 amide bonds. The largest absolute Gasteiger partial charge is 0.491 e. The fraction of sp³-hybridized carbons (Fsp3) is 0.357. The van der Waals surface area contributed by atoms with Gasteiger partial charge in [0.1, 0.15) is 5.69 Å². The summed E-state index contributed by atoms with van der Waals surface area (Å²) < 4.78 is 4.42. The van der Waals surface area contributed by atoms with Gasteiger partial charge in [-0.05, 0) is 24.3 Å². The molecule has 0 aliphatic carbocycles. The maximum Gasteiger partial charge on any atom is 0.491 e. The van der Waals surface area contributed by atoms with Crippen molar-refractivity contribution in [3.8, 4) is 0 Å². The minimum Gasteiger partial charge on any atom is -0.390 e. The van der Waals surface area contributed by atoms with Gasteiger partial charge < -0.3 is 15.4 Å². The highest BCUT2D eigenvalue weighted by molar-refractivity contribution is 6.31. The van der Waals surface area contributed by atoms with E-state index in [9.17, 15) is 14.9 Å². The Bertz CT molecular complexity index is 941. The van der Waals surface area contributed by atoms with E-state index < -0.39 is 10.9 Å². The molecule has 0 unspecified atom stereocenters. The van der Waals surface area contributed by atoms with E-state index in [2.05, 4.69) is 25.6 Å². The van der Waals surface area contributed by atoms with E-state index in [0.717, 1.165) is 5.69 Å². The molecule has 3 aromatic heterocycles. The molecule has 13 heteroatoms. The number of rotatable bonds is 8. The minimum absolute atomic E-state index is 0.105. The monoisotopic (exact) mass is 393 g/mol. The molecule has 0 aromatic carbocycles. The minimum atomic E-state index is -0.684. The molecule has 0 saturated heterocycles. The molecule has 0 fully saturated rings. The van der Waals surface area contributed by atoms with Crippen LogP contribution in [-0.2, 0) is 13.2 Å². The maximum atomic E-state index is 12.1. The van der Waals surface area contributed by atoms with E-state index in [4.69, 9.17) is 11.6 Å². The molecule has 3 heterocycles. The Kier molecular flexibility index (Phi) is 5.45. The van der Waals surface area contributed by atoms with E-state index in [1.165, 1.54) is 15.7 Å². The van der Waals surface area contributed by atoms with Gasteiger partial charge in [0.05, 0.1) is 10.7 Å². The summed E-state index contributed by atoms with van der Waals surface area (Å²) in [4.78, 5) is 25.6. The van der Waals surface area contributed by atoms with Crippen LogP contribution in [0.5, 0.6) is 0 Å². The first-order chi connectivity index (χ1) is 12.9. The quantitative estimate of drug-likeness (QED) is 0.340. The molecule has 3 rings (SSSR count). The zero-order valence-corrected chi connectivity index (χ0v) is 15.1. The van der Waals surface area contributed by atoms with Crippen LogP contribution in [0.3, 0.4) is 0 Å². The number of carbonyl (C=O) groups is 1. The number of amides is 1. The Morgan fingerprint density at radius 2 is 2.11 bits per heavy atom. The third-order valence-electron chi connectivity index (χ3n) is 3.59. The molecule has 0 bridgehead atoms. The SMILES string of the molecule is Cc1nn(CCCNC(=O)c2ccn(Cn3cnc([N+](=O)[O-])n3)n2)cc1Cl. The summed E-state index contributed by atoms with van der Waals surface area (Å²) in [5, 5.41) is 26.0. The number of aromatic nitrogens is 7. The van der Waals surface area contributed by atoms with Crippen LogP contribution in [0.1, 0.15) is 22.6 Å². The van der Waals surface area contributed by atoms with Crippen LogP contribution in [0.15, 0.2) is 24.8 Å². The van der Waals surface area contributed by atoms with Crippen molar-refractivity contribution in [1.29, 1.82) is 0 Å². The highest BCUT2D eigenvalue weighted by Gasteiger charge is 2.14. The van der Waals surface area contributed by atoms with E-state index in [1.807, 2.05) is 6.92 Å². The first-order valence-electron chi connectivity index (χ1n) is 7.97. The molecule has 1 N–H and O–H groups in total. The van der Waals surface area contributed by atoms with Crippen molar-refractivity contribution in [3.63, 3.8) is 0 Å². The summed E-state index contributed by atoms with van der Waals surface area (Å²) in [5.74, 6) is -0.804. The molecule has 0 atom stereocenters. The second kappa shape index (κ2) is 7.95. The first-order valence-corrected chi connectivity index (χ1v) is 8.35. The van der Waals surface area contributed by atoms with Gasteiger partial charge in [-0.3, -0.25) is 9.48 Å². The normalized spacial score (nSPS) is 10.9. The molecular weight excluding hydrogens is 378 g/mol. The molecule has 0 aliphatic rings. The van der Waals surface area contributed by atoms with Gasteiger partial charge in [0.15, 0.2) is 6.67 Å². The molecule has 27 heavy (non-hydrogen) atoms. The van der Waals surface area contributed by atoms with Crippen molar-refractivity contribution in [2.75, 3.05) is 6.54 Å². The third kappa shape index (κ3) is 4.67. The maximum absolute atomic E-state index is 12.1. The fourth-order valence-corrected chi connectivity index (χ4v) is 2.44. The lowest BCUT2D eigenvalue weighted by molar-refractivity contribution is -0.394. The molecule has 12 nitrogen and oxygen atoms in total. The molecular formula is C14H16ClN9O3. The molecule has 0 aliphatic heterocycles. The number of nitro groups is 1. The van der Waals surface area contributed by atoms with Gasteiger partial charge in [-0.1, -0.05) is 16.6 Å². The summed E-state index contributed by atoms with van der Waals surface area (Å²) in [6, 6.07) is 1.55. The van der Waals surface area contributed by atoms with Crippen molar-refractivity contribution in [2.24, 2.45) is 0 Å². The van der Waals surface area contributed by atoms with Crippen molar-refractivity contribution in [1.82, 2.24) is 39.6 Å². The Morgan fingerprint density at radius 3 is 2.78 bits per heavy atom. The Morgan fingerprint density at radius 1 is 1.30 bits per heavy atom. The molecule has 3 aromatic rings. The molecule has 0 radical (unpaired) electrons. The fourth-order valence-electron chi connectivity index (χ4n) is 2.29. The number of nitrogens with zero attached hydrogens (tertiary/aromatic N) is 8. The van der Waals surface area contributed by atoms with Gasteiger partial charge in [0.2, 0.25) is 6.33 Å². The van der Waals surface area contributed by atoms with Gasteiger partial charge in [0, 0.05) is 30.6 Å². The van der Waals surface area contributed by atoms with Crippen LogP contribution in [0, 0.1) is 17.0 Å². The Hall–Kier alpha value is -3.28. The number of hydrogen-bond donors (Lipinski definition) is 1.